The Morgan fingerprint density at radius 1 is 1.23 bits per heavy atom. The molecule has 0 aromatic heterocycles. The third kappa shape index (κ3) is 4.09. The fourth-order valence-electron chi connectivity index (χ4n) is 3.05. The molecule has 1 saturated heterocycles. The molecule has 0 spiro atoms. The Kier molecular flexibility index (Phi) is 5.99. The van der Waals surface area contributed by atoms with Crippen molar-refractivity contribution in [2.75, 3.05) is 18.4 Å². The van der Waals surface area contributed by atoms with Crippen LogP contribution in [0.2, 0.25) is 0 Å². The molecule has 0 aliphatic carbocycles. The molecule has 1 atom stereocenters. The molecule has 4 nitrogen and oxygen atoms in total. The van der Waals surface area contributed by atoms with Gasteiger partial charge in [-0.15, -0.1) is 0 Å². The number of nitrogens with one attached hydrogen (secondary N) is 1. The van der Waals surface area contributed by atoms with Gasteiger partial charge < -0.3 is 10.2 Å². The molecule has 4 heteroatoms. The standard InChI is InChI=1S/C18H26N2O2/c1-3-14(4-2)18(22)20-12-8-9-15(13-20)17(21)19-16-10-6-5-7-11-16/h5-7,10-11,14-15H,3-4,8-9,12-13H2,1-2H3,(H,19,21). The minimum Gasteiger partial charge on any atom is -0.342 e. The van der Waals surface area contributed by atoms with E-state index in [1.165, 1.54) is 0 Å². The number of anilines is 1. The van der Waals surface area contributed by atoms with Crippen molar-refractivity contribution < 1.29 is 9.59 Å². The van der Waals surface area contributed by atoms with Crippen LogP contribution in [-0.4, -0.2) is 29.8 Å². The normalized spacial score (nSPS) is 18.3. The van der Waals surface area contributed by atoms with Crippen molar-refractivity contribution in [1.82, 2.24) is 4.90 Å². The van der Waals surface area contributed by atoms with E-state index in [2.05, 4.69) is 19.2 Å². The average molecular weight is 302 g/mol. The summed E-state index contributed by atoms with van der Waals surface area (Å²) in [5.74, 6) is 0.221. The quantitative estimate of drug-likeness (QED) is 0.907. The highest BCUT2D eigenvalue weighted by molar-refractivity contribution is 5.93. The number of benzene rings is 1. The van der Waals surface area contributed by atoms with E-state index in [0.717, 1.165) is 37.9 Å². The number of carbonyl (C=O) groups excluding carboxylic acids is 2. The highest BCUT2D eigenvalue weighted by Gasteiger charge is 2.30. The van der Waals surface area contributed by atoms with Gasteiger partial charge in [0.25, 0.3) is 0 Å². The number of rotatable bonds is 5. The van der Waals surface area contributed by atoms with Crippen LogP contribution < -0.4 is 5.32 Å². The fraction of sp³-hybridized carbons (Fsp3) is 0.556. The summed E-state index contributed by atoms with van der Waals surface area (Å²) in [6.07, 6.45) is 3.49. The summed E-state index contributed by atoms with van der Waals surface area (Å²) in [4.78, 5) is 26.8. The molecule has 0 bridgehead atoms. The van der Waals surface area contributed by atoms with E-state index in [4.69, 9.17) is 0 Å². The van der Waals surface area contributed by atoms with Crippen molar-refractivity contribution in [2.45, 2.75) is 39.5 Å². The first-order chi connectivity index (χ1) is 10.7. The largest absolute Gasteiger partial charge is 0.342 e. The summed E-state index contributed by atoms with van der Waals surface area (Å²) < 4.78 is 0. The van der Waals surface area contributed by atoms with Crippen LogP contribution in [0.1, 0.15) is 39.5 Å². The Bertz CT molecular complexity index is 497. The molecule has 0 saturated carbocycles. The van der Waals surface area contributed by atoms with Gasteiger partial charge in [-0.05, 0) is 37.8 Å². The monoisotopic (exact) mass is 302 g/mol. The molecule has 1 aliphatic heterocycles. The summed E-state index contributed by atoms with van der Waals surface area (Å²) in [5.41, 5.74) is 0.816. The van der Waals surface area contributed by atoms with Crippen LogP contribution in [0.4, 0.5) is 5.69 Å². The van der Waals surface area contributed by atoms with Gasteiger partial charge in [0.1, 0.15) is 0 Å². The summed E-state index contributed by atoms with van der Waals surface area (Å²) in [6, 6.07) is 9.49. The van der Waals surface area contributed by atoms with Gasteiger partial charge in [-0.2, -0.15) is 0 Å². The van der Waals surface area contributed by atoms with Crippen molar-refractivity contribution in [1.29, 1.82) is 0 Å². The van der Waals surface area contributed by atoms with E-state index in [9.17, 15) is 9.59 Å². The van der Waals surface area contributed by atoms with Crippen LogP contribution in [0.3, 0.4) is 0 Å². The zero-order chi connectivity index (χ0) is 15.9. The SMILES string of the molecule is CCC(CC)C(=O)N1CCCC(C(=O)Nc2ccccc2)C1. The number of piperidine rings is 1. The maximum atomic E-state index is 12.5. The van der Waals surface area contributed by atoms with Crippen LogP contribution in [0, 0.1) is 11.8 Å². The predicted octanol–water partition coefficient (Wildman–Crippen LogP) is 3.30. The van der Waals surface area contributed by atoms with E-state index in [0.29, 0.717) is 6.54 Å². The van der Waals surface area contributed by atoms with Crippen LogP contribution in [0.15, 0.2) is 30.3 Å². The molecule has 1 aliphatic rings. The Morgan fingerprint density at radius 3 is 2.55 bits per heavy atom. The van der Waals surface area contributed by atoms with Crippen molar-refractivity contribution in [3.8, 4) is 0 Å². The van der Waals surface area contributed by atoms with Crippen molar-refractivity contribution in [2.24, 2.45) is 11.8 Å². The lowest BCUT2D eigenvalue weighted by atomic mass is 9.94. The smallest absolute Gasteiger partial charge is 0.229 e. The topological polar surface area (TPSA) is 49.4 Å². The highest BCUT2D eigenvalue weighted by Crippen LogP contribution is 2.22. The average Bonchev–Trinajstić information content (AvgIpc) is 2.57. The maximum absolute atomic E-state index is 12.5. The molecule has 1 aromatic rings. The van der Waals surface area contributed by atoms with Crippen molar-refractivity contribution in [3.63, 3.8) is 0 Å². The first-order valence-electron chi connectivity index (χ1n) is 8.30. The Morgan fingerprint density at radius 2 is 1.91 bits per heavy atom. The Balaban J connectivity index is 1.95. The third-order valence-corrected chi connectivity index (χ3v) is 4.48. The minimum absolute atomic E-state index is 0.0215. The molecule has 1 unspecified atom stereocenters. The number of hydrogen-bond acceptors (Lipinski definition) is 2. The molecule has 2 rings (SSSR count). The number of likely N-dealkylation sites (tertiary alicyclic amines) is 1. The van der Waals surface area contributed by atoms with E-state index >= 15 is 0 Å². The Labute approximate surface area is 132 Å². The van der Waals surface area contributed by atoms with Gasteiger partial charge in [0.2, 0.25) is 11.8 Å². The second-order valence-electron chi connectivity index (χ2n) is 5.99. The molecule has 0 radical (unpaired) electrons. The zero-order valence-corrected chi connectivity index (χ0v) is 13.5. The van der Waals surface area contributed by atoms with Gasteiger partial charge >= 0.3 is 0 Å². The molecule has 2 amide bonds. The molecule has 1 fully saturated rings. The van der Waals surface area contributed by atoms with Gasteiger partial charge in [0.05, 0.1) is 5.92 Å². The van der Waals surface area contributed by atoms with Crippen molar-refractivity contribution in [3.05, 3.63) is 30.3 Å². The van der Waals surface area contributed by atoms with Gasteiger partial charge in [0.15, 0.2) is 0 Å². The lowest BCUT2D eigenvalue weighted by molar-refractivity contribution is -0.138. The van der Waals surface area contributed by atoms with Crippen molar-refractivity contribution >= 4 is 17.5 Å². The van der Waals surface area contributed by atoms with Gasteiger partial charge in [-0.25, -0.2) is 0 Å². The van der Waals surface area contributed by atoms with Gasteiger partial charge in [-0.3, -0.25) is 9.59 Å². The van der Waals surface area contributed by atoms with E-state index < -0.39 is 0 Å². The van der Waals surface area contributed by atoms with Crippen LogP contribution in [0.5, 0.6) is 0 Å². The summed E-state index contributed by atoms with van der Waals surface area (Å²) >= 11 is 0. The van der Waals surface area contributed by atoms with Gasteiger partial charge in [-0.1, -0.05) is 32.0 Å². The van der Waals surface area contributed by atoms with Crippen LogP contribution >= 0.6 is 0 Å². The molecule has 1 aromatic carbocycles. The number of carbonyl (C=O) groups is 2. The van der Waals surface area contributed by atoms with E-state index in [1.807, 2.05) is 35.2 Å². The summed E-state index contributed by atoms with van der Waals surface area (Å²) in [6.45, 7) is 5.43. The maximum Gasteiger partial charge on any atom is 0.229 e. The summed E-state index contributed by atoms with van der Waals surface area (Å²) in [5, 5.41) is 2.95. The van der Waals surface area contributed by atoms with Gasteiger partial charge in [0, 0.05) is 24.7 Å². The molecule has 1 heterocycles. The van der Waals surface area contributed by atoms with E-state index in [1.54, 1.807) is 0 Å². The predicted molar refractivity (Wildman–Crippen MR) is 88.4 cm³/mol. The number of para-hydroxylation sites is 1. The van der Waals surface area contributed by atoms with Crippen LogP contribution in [0.25, 0.3) is 0 Å². The fourth-order valence-corrected chi connectivity index (χ4v) is 3.05. The number of hydrogen-bond donors (Lipinski definition) is 1. The zero-order valence-electron chi connectivity index (χ0n) is 13.5. The lowest BCUT2D eigenvalue weighted by Gasteiger charge is -2.34. The molecule has 1 N–H and O–H groups in total. The first kappa shape index (κ1) is 16.5. The number of nitrogens with zero attached hydrogens (tertiary/aromatic N) is 1. The second kappa shape index (κ2) is 7.97. The lowest BCUT2D eigenvalue weighted by Crippen LogP contribution is -2.45. The second-order valence-corrected chi connectivity index (χ2v) is 5.99. The molecular formula is C18H26N2O2. The molecule has 120 valence electrons. The minimum atomic E-state index is -0.104. The first-order valence-corrected chi connectivity index (χ1v) is 8.30. The van der Waals surface area contributed by atoms with E-state index in [-0.39, 0.29) is 23.7 Å². The summed E-state index contributed by atoms with van der Waals surface area (Å²) in [7, 11) is 0. The molecular weight excluding hydrogens is 276 g/mol. The number of amides is 2. The van der Waals surface area contributed by atoms with Crippen LogP contribution in [-0.2, 0) is 9.59 Å². The highest BCUT2D eigenvalue weighted by atomic mass is 16.2. The Hall–Kier alpha value is -1.84. The third-order valence-electron chi connectivity index (χ3n) is 4.48. The molecule has 22 heavy (non-hydrogen) atoms.